The van der Waals surface area contributed by atoms with Crippen molar-refractivity contribution in [2.75, 3.05) is 19.8 Å². The van der Waals surface area contributed by atoms with Gasteiger partial charge in [-0.2, -0.15) is 5.10 Å². The fourth-order valence-electron chi connectivity index (χ4n) is 3.38. The highest BCUT2D eigenvalue weighted by atomic mass is 16.5. The van der Waals surface area contributed by atoms with Gasteiger partial charge in [0.2, 0.25) is 0 Å². The monoisotopic (exact) mass is 297 g/mol. The number of aromatic amines is 1. The quantitative estimate of drug-likeness (QED) is 0.923. The Kier molecular flexibility index (Phi) is 3.42. The van der Waals surface area contributed by atoms with E-state index >= 15 is 0 Å². The topological polar surface area (TPSA) is 58.2 Å². The molecule has 0 bridgehead atoms. The first-order valence-corrected chi connectivity index (χ1v) is 7.80. The van der Waals surface area contributed by atoms with Crippen LogP contribution in [0.3, 0.4) is 0 Å². The lowest BCUT2D eigenvalue weighted by Crippen LogP contribution is -2.36. The summed E-state index contributed by atoms with van der Waals surface area (Å²) in [7, 11) is 0. The molecule has 1 aromatic carbocycles. The van der Waals surface area contributed by atoms with E-state index in [-0.39, 0.29) is 11.8 Å². The van der Waals surface area contributed by atoms with Gasteiger partial charge in [0.25, 0.3) is 5.91 Å². The van der Waals surface area contributed by atoms with Crippen molar-refractivity contribution in [3.05, 3.63) is 52.8 Å². The molecule has 1 N–H and O–H groups in total. The normalized spacial score (nSPS) is 20.9. The van der Waals surface area contributed by atoms with Crippen LogP contribution in [0.4, 0.5) is 0 Å². The highest BCUT2D eigenvalue weighted by Gasteiger charge is 2.29. The third-order valence-electron chi connectivity index (χ3n) is 4.66. The Morgan fingerprint density at radius 2 is 2.18 bits per heavy atom. The van der Waals surface area contributed by atoms with E-state index in [1.54, 1.807) is 6.20 Å². The molecule has 1 atom stereocenters. The van der Waals surface area contributed by atoms with Gasteiger partial charge in [-0.15, -0.1) is 0 Å². The molecule has 2 aliphatic heterocycles. The molecule has 114 valence electrons. The molecule has 22 heavy (non-hydrogen) atoms. The van der Waals surface area contributed by atoms with Crippen LogP contribution >= 0.6 is 0 Å². The van der Waals surface area contributed by atoms with E-state index in [1.165, 1.54) is 11.1 Å². The Labute approximate surface area is 129 Å². The van der Waals surface area contributed by atoms with Gasteiger partial charge in [0.15, 0.2) is 0 Å². The van der Waals surface area contributed by atoms with Crippen molar-refractivity contribution in [3.63, 3.8) is 0 Å². The van der Waals surface area contributed by atoms with Gasteiger partial charge in [-0.25, -0.2) is 0 Å². The second kappa shape index (κ2) is 5.57. The van der Waals surface area contributed by atoms with Crippen molar-refractivity contribution in [2.45, 2.75) is 25.3 Å². The molecule has 1 fully saturated rings. The number of amides is 1. The molecule has 5 nitrogen and oxygen atoms in total. The Balaban J connectivity index is 1.57. The summed E-state index contributed by atoms with van der Waals surface area (Å²) < 4.78 is 5.43. The lowest BCUT2D eigenvalue weighted by molar-refractivity contribution is 0.0733. The molecule has 4 rings (SSSR count). The van der Waals surface area contributed by atoms with Gasteiger partial charge in [-0.3, -0.25) is 9.89 Å². The summed E-state index contributed by atoms with van der Waals surface area (Å²) in [6.07, 6.45) is 3.53. The number of benzene rings is 1. The van der Waals surface area contributed by atoms with Crippen molar-refractivity contribution < 1.29 is 9.53 Å². The number of hydrogen-bond acceptors (Lipinski definition) is 3. The van der Waals surface area contributed by atoms with E-state index in [1.807, 2.05) is 11.0 Å². The molecule has 2 aliphatic rings. The molecule has 3 heterocycles. The number of hydrogen-bond donors (Lipinski definition) is 1. The third-order valence-corrected chi connectivity index (χ3v) is 4.66. The highest BCUT2D eigenvalue weighted by molar-refractivity contribution is 5.95. The standard InChI is InChI=1S/C17H19N3O2/c21-17(15-9-18-19-16(15)14-6-8-22-11-14)20-7-5-12-3-1-2-4-13(12)10-20/h1-4,9,14H,5-8,10-11H2,(H,18,19)/t14-/m1/s1. The number of nitrogens with one attached hydrogen (secondary N) is 1. The Morgan fingerprint density at radius 3 is 3.00 bits per heavy atom. The Morgan fingerprint density at radius 1 is 1.32 bits per heavy atom. The lowest BCUT2D eigenvalue weighted by Gasteiger charge is -2.29. The molecule has 0 saturated carbocycles. The predicted octanol–water partition coefficient (Wildman–Crippen LogP) is 2.11. The number of H-pyrrole nitrogens is 1. The van der Waals surface area contributed by atoms with Crippen molar-refractivity contribution >= 4 is 5.91 Å². The van der Waals surface area contributed by atoms with Crippen LogP contribution in [0.25, 0.3) is 0 Å². The SMILES string of the molecule is O=C(c1cn[nH]c1[C@@H]1CCOC1)N1CCc2ccccc2C1. The summed E-state index contributed by atoms with van der Waals surface area (Å²) >= 11 is 0. The molecule has 1 aromatic heterocycles. The van der Waals surface area contributed by atoms with Gasteiger partial charge in [0, 0.05) is 25.6 Å². The molecular weight excluding hydrogens is 278 g/mol. The van der Waals surface area contributed by atoms with Gasteiger partial charge >= 0.3 is 0 Å². The van der Waals surface area contributed by atoms with Gasteiger partial charge < -0.3 is 9.64 Å². The van der Waals surface area contributed by atoms with Gasteiger partial charge in [0.1, 0.15) is 0 Å². The van der Waals surface area contributed by atoms with Gasteiger partial charge in [-0.05, 0) is 24.0 Å². The maximum Gasteiger partial charge on any atom is 0.257 e. The predicted molar refractivity (Wildman–Crippen MR) is 81.7 cm³/mol. The van der Waals surface area contributed by atoms with Crippen LogP contribution in [0.1, 0.15) is 39.5 Å². The molecule has 0 aliphatic carbocycles. The minimum absolute atomic E-state index is 0.0742. The second-order valence-corrected chi connectivity index (χ2v) is 6.00. The maximum atomic E-state index is 12.9. The van der Waals surface area contributed by atoms with Gasteiger partial charge in [-0.1, -0.05) is 24.3 Å². The highest BCUT2D eigenvalue weighted by Crippen LogP contribution is 2.28. The zero-order valence-corrected chi connectivity index (χ0v) is 12.4. The average Bonchev–Trinajstić information content (AvgIpc) is 3.24. The number of carbonyl (C=O) groups is 1. The van der Waals surface area contributed by atoms with E-state index in [9.17, 15) is 4.79 Å². The van der Waals surface area contributed by atoms with Crippen LogP contribution in [-0.2, 0) is 17.7 Å². The van der Waals surface area contributed by atoms with E-state index in [2.05, 4.69) is 28.4 Å². The zero-order chi connectivity index (χ0) is 14.9. The minimum atomic E-state index is 0.0742. The van der Waals surface area contributed by atoms with Crippen molar-refractivity contribution in [2.24, 2.45) is 0 Å². The van der Waals surface area contributed by atoms with E-state index in [0.29, 0.717) is 18.7 Å². The first-order chi connectivity index (χ1) is 10.8. The zero-order valence-electron chi connectivity index (χ0n) is 12.4. The van der Waals surface area contributed by atoms with Crippen LogP contribution in [0, 0.1) is 0 Å². The van der Waals surface area contributed by atoms with Crippen molar-refractivity contribution in [1.82, 2.24) is 15.1 Å². The summed E-state index contributed by atoms with van der Waals surface area (Å²) in [6, 6.07) is 8.35. The molecule has 1 amide bonds. The van der Waals surface area contributed by atoms with Crippen LogP contribution in [-0.4, -0.2) is 40.8 Å². The fraction of sp³-hybridized carbons (Fsp3) is 0.412. The van der Waals surface area contributed by atoms with E-state index < -0.39 is 0 Å². The minimum Gasteiger partial charge on any atom is -0.381 e. The summed E-state index contributed by atoms with van der Waals surface area (Å²) in [5.74, 6) is 0.337. The van der Waals surface area contributed by atoms with E-state index in [4.69, 9.17) is 4.74 Å². The summed E-state index contributed by atoms with van der Waals surface area (Å²) in [5, 5.41) is 7.11. The smallest absolute Gasteiger partial charge is 0.257 e. The van der Waals surface area contributed by atoms with Crippen LogP contribution in [0.15, 0.2) is 30.5 Å². The number of nitrogens with zero attached hydrogens (tertiary/aromatic N) is 2. The fourth-order valence-corrected chi connectivity index (χ4v) is 3.38. The Bertz CT molecular complexity index is 689. The third kappa shape index (κ3) is 2.31. The molecule has 5 heteroatoms. The summed E-state index contributed by atoms with van der Waals surface area (Å²) in [5.41, 5.74) is 4.23. The Hall–Kier alpha value is -2.14. The molecule has 1 saturated heterocycles. The van der Waals surface area contributed by atoms with Crippen molar-refractivity contribution in [1.29, 1.82) is 0 Å². The first kappa shape index (κ1) is 13.5. The van der Waals surface area contributed by atoms with Crippen LogP contribution in [0.2, 0.25) is 0 Å². The lowest BCUT2D eigenvalue weighted by atomic mass is 9.97. The number of rotatable bonds is 2. The molecular formula is C17H19N3O2. The van der Waals surface area contributed by atoms with E-state index in [0.717, 1.165) is 31.7 Å². The molecule has 2 aromatic rings. The number of aromatic nitrogens is 2. The number of ether oxygens (including phenoxy) is 1. The number of carbonyl (C=O) groups excluding carboxylic acids is 1. The first-order valence-electron chi connectivity index (χ1n) is 7.80. The molecule has 0 radical (unpaired) electrons. The number of fused-ring (bicyclic) bond motifs is 1. The summed E-state index contributed by atoms with van der Waals surface area (Å²) in [6.45, 7) is 2.88. The maximum absolute atomic E-state index is 12.9. The largest absolute Gasteiger partial charge is 0.381 e. The van der Waals surface area contributed by atoms with Crippen molar-refractivity contribution in [3.8, 4) is 0 Å². The van der Waals surface area contributed by atoms with Gasteiger partial charge in [0.05, 0.1) is 24.1 Å². The molecule has 0 unspecified atom stereocenters. The second-order valence-electron chi connectivity index (χ2n) is 6.00. The van der Waals surface area contributed by atoms with Crippen LogP contribution < -0.4 is 0 Å². The summed E-state index contributed by atoms with van der Waals surface area (Å²) in [4.78, 5) is 14.8. The van der Waals surface area contributed by atoms with Crippen LogP contribution in [0.5, 0.6) is 0 Å². The molecule has 0 spiro atoms. The average molecular weight is 297 g/mol.